The number of nitrogens with zero attached hydrogens (tertiary/aromatic N) is 1. The van der Waals surface area contributed by atoms with E-state index in [0.29, 0.717) is 0 Å². The molecule has 1 aromatic heterocycles. The standard InChI is InChI=1S/C14H24N2S/c1-15-7-2-13-3-8-16(9-4-13)10-5-14-6-11-17-12-14/h6,11-13,15H,2-5,7-10H2,1H3. The van der Waals surface area contributed by atoms with Crippen molar-refractivity contribution in [1.29, 1.82) is 0 Å². The van der Waals surface area contributed by atoms with E-state index >= 15 is 0 Å². The van der Waals surface area contributed by atoms with Gasteiger partial charge in [0.05, 0.1) is 0 Å². The molecule has 0 unspecified atom stereocenters. The van der Waals surface area contributed by atoms with Gasteiger partial charge in [-0.05, 0) is 80.7 Å². The molecule has 0 amide bonds. The number of piperidine rings is 1. The van der Waals surface area contributed by atoms with Crippen LogP contribution in [0.15, 0.2) is 16.8 Å². The summed E-state index contributed by atoms with van der Waals surface area (Å²) < 4.78 is 0. The van der Waals surface area contributed by atoms with E-state index < -0.39 is 0 Å². The van der Waals surface area contributed by atoms with Crippen molar-refractivity contribution in [2.45, 2.75) is 25.7 Å². The van der Waals surface area contributed by atoms with E-state index in [-0.39, 0.29) is 0 Å². The molecule has 1 fully saturated rings. The lowest BCUT2D eigenvalue weighted by Crippen LogP contribution is -2.35. The van der Waals surface area contributed by atoms with Crippen LogP contribution < -0.4 is 5.32 Å². The van der Waals surface area contributed by atoms with Crippen LogP contribution in [-0.2, 0) is 6.42 Å². The third kappa shape index (κ3) is 4.41. The Labute approximate surface area is 109 Å². The van der Waals surface area contributed by atoms with Gasteiger partial charge in [-0.25, -0.2) is 0 Å². The van der Waals surface area contributed by atoms with Gasteiger partial charge in [0.1, 0.15) is 0 Å². The summed E-state index contributed by atoms with van der Waals surface area (Å²) in [7, 11) is 2.05. The average molecular weight is 252 g/mol. The van der Waals surface area contributed by atoms with Gasteiger partial charge >= 0.3 is 0 Å². The van der Waals surface area contributed by atoms with Crippen LogP contribution in [0.5, 0.6) is 0 Å². The fourth-order valence-electron chi connectivity index (χ4n) is 2.57. The molecule has 0 bridgehead atoms. The van der Waals surface area contributed by atoms with E-state index in [1.807, 2.05) is 11.3 Å². The molecule has 3 heteroatoms. The van der Waals surface area contributed by atoms with E-state index in [1.165, 1.54) is 57.4 Å². The van der Waals surface area contributed by atoms with Crippen molar-refractivity contribution in [1.82, 2.24) is 10.2 Å². The molecule has 1 N–H and O–H groups in total. The second-order valence-corrected chi connectivity index (χ2v) is 5.84. The van der Waals surface area contributed by atoms with Gasteiger partial charge in [-0.1, -0.05) is 0 Å². The first-order valence-electron chi connectivity index (χ1n) is 6.76. The molecule has 0 spiro atoms. The maximum absolute atomic E-state index is 3.26. The molecule has 17 heavy (non-hydrogen) atoms. The van der Waals surface area contributed by atoms with Gasteiger partial charge in [-0.15, -0.1) is 0 Å². The van der Waals surface area contributed by atoms with Crippen molar-refractivity contribution in [2.24, 2.45) is 5.92 Å². The molecule has 1 saturated heterocycles. The zero-order valence-corrected chi connectivity index (χ0v) is 11.6. The van der Waals surface area contributed by atoms with Crippen LogP contribution in [0.1, 0.15) is 24.8 Å². The van der Waals surface area contributed by atoms with Crippen LogP contribution in [0.2, 0.25) is 0 Å². The summed E-state index contributed by atoms with van der Waals surface area (Å²) in [5.74, 6) is 0.958. The summed E-state index contributed by atoms with van der Waals surface area (Å²) in [4.78, 5) is 2.63. The van der Waals surface area contributed by atoms with Crippen molar-refractivity contribution >= 4 is 11.3 Å². The lowest BCUT2D eigenvalue weighted by atomic mass is 9.93. The summed E-state index contributed by atoms with van der Waals surface area (Å²) in [6.45, 7) is 5.03. The first-order valence-corrected chi connectivity index (χ1v) is 7.71. The molecular weight excluding hydrogens is 228 g/mol. The Morgan fingerprint density at radius 1 is 1.41 bits per heavy atom. The van der Waals surface area contributed by atoms with Crippen LogP contribution in [0, 0.1) is 5.92 Å². The molecular formula is C14H24N2S. The number of thiophene rings is 1. The first-order chi connectivity index (χ1) is 8.38. The Morgan fingerprint density at radius 2 is 2.24 bits per heavy atom. The van der Waals surface area contributed by atoms with Gasteiger partial charge < -0.3 is 10.2 Å². The summed E-state index contributed by atoms with van der Waals surface area (Å²) >= 11 is 1.81. The molecule has 0 saturated carbocycles. The lowest BCUT2D eigenvalue weighted by Gasteiger charge is -2.31. The van der Waals surface area contributed by atoms with Gasteiger partial charge in [0, 0.05) is 6.54 Å². The minimum absolute atomic E-state index is 0.958. The smallest absolute Gasteiger partial charge is 0.00221 e. The molecule has 0 radical (unpaired) electrons. The molecule has 1 aromatic rings. The van der Waals surface area contributed by atoms with E-state index in [9.17, 15) is 0 Å². The topological polar surface area (TPSA) is 15.3 Å². The van der Waals surface area contributed by atoms with Crippen molar-refractivity contribution < 1.29 is 0 Å². The third-order valence-electron chi connectivity index (χ3n) is 3.81. The summed E-state index contributed by atoms with van der Waals surface area (Å²) in [5, 5.41) is 7.71. The Morgan fingerprint density at radius 3 is 2.88 bits per heavy atom. The van der Waals surface area contributed by atoms with Crippen molar-refractivity contribution in [3.05, 3.63) is 22.4 Å². The van der Waals surface area contributed by atoms with E-state index in [4.69, 9.17) is 0 Å². The number of hydrogen-bond donors (Lipinski definition) is 1. The van der Waals surface area contributed by atoms with Crippen LogP contribution in [0.4, 0.5) is 0 Å². The van der Waals surface area contributed by atoms with E-state index in [1.54, 1.807) is 0 Å². The molecule has 1 aliphatic heterocycles. The summed E-state index contributed by atoms with van der Waals surface area (Å²) in [6.07, 6.45) is 5.37. The van der Waals surface area contributed by atoms with E-state index in [2.05, 4.69) is 34.1 Å². The molecule has 0 atom stereocenters. The predicted molar refractivity (Wildman–Crippen MR) is 75.7 cm³/mol. The predicted octanol–water partition coefficient (Wildman–Crippen LogP) is 2.61. The Hall–Kier alpha value is -0.380. The van der Waals surface area contributed by atoms with E-state index in [0.717, 1.165) is 5.92 Å². The first kappa shape index (κ1) is 13.1. The Bertz CT molecular complexity index is 289. The van der Waals surface area contributed by atoms with Crippen LogP contribution in [-0.4, -0.2) is 38.1 Å². The third-order valence-corrected chi connectivity index (χ3v) is 4.54. The normalized spacial score (nSPS) is 18.6. The lowest BCUT2D eigenvalue weighted by molar-refractivity contribution is 0.181. The molecule has 96 valence electrons. The zero-order chi connectivity index (χ0) is 11.9. The second kappa shape index (κ2) is 7.14. The molecule has 2 heterocycles. The van der Waals surface area contributed by atoms with Gasteiger partial charge in [-0.3, -0.25) is 0 Å². The van der Waals surface area contributed by atoms with Gasteiger partial charge in [0.25, 0.3) is 0 Å². The van der Waals surface area contributed by atoms with Gasteiger partial charge in [0.2, 0.25) is 0 Å². The fraction of sp³-hybridized carbons (Fsp3) is 0.714. The fourth-order valence-corrected chi connectivity index (χ4v) is 3.27. The van der Waals surface area contributed by atoms with Crippen molar-refractivity contribution in [3.8, 4) is 0 Å². The summed E-state index contributed by atoms with van der Waals surface area (Å²) in [6, 6.07) is 2.25. The van der Waals surface area contributed by atoms with Crippen LogP contribution in [0.25, 0.3) is 0 Å². The molecule has 0 aromatic carbocycles. The summed E-state index contributed by atoms with van der Waals surface area (Å²) in [5.41, 5.74) is 1.51. The molecule has 0 aliphatic carbocycles. The highest BCUT2D eigenvalue weighted by Crippen LogP contribution is 2.20. The van der Waals surface area contributed by atoms with Crippen molar-refractivity contribution in [3.63, 3.8) is 0 Å². The Balaban J connectivity index is 1.62. The van der Waals surface area contributed by atoms with Crippen LogP contribution in [0.3, 0.4) is 0 Å². The monoisotopic (exact) mass is 252 g/mol. The van der Waals surface area contributed by atoms with Crippen molar-refractivity contribution in [2.75, 3.05) is 33.2 Å². The molecule has 2 rings (SSSR count). The van der Waals surface area contributed by atoms with Gasteiger partial charge in [0.15, 0.2) is 0 Å². The zero-order valence-electron chi connectivity index (χ0n) is 10.8. The SMILES string of the molecule is CNCCC1CCN(CCc2ccsc2)CC1. The van der Waals surface area contributed by atoms with Gasteiger partial charge in [-0.2, -0.15) is 11.3 Å². The highest BCUT2D eigenvalue weighted by molar-refractivity contribution is 7.07. The highest BCUT2D eigenvalue weighted by Gasteiger charge is 2.18. The quantitative estimate of drug-likeness (QED) is 0.837. The number of likely N-dealkylation sites (tertiary alicyclic amines) is 1. The number of rotatable bonds is 6. The molecule has 1 aliphatic rings. The minimum Gasteiger partial charge on any atom is -0.320 e. The average Bonchev–Trinajstić information content (AvgIpc) is 2.88. The van der Waals surface area contributed by atoms with Crippen LogP contribution >= 0.6 is 11.3 Å². The maximum Gasteiger partial charge on any atom is 0.00221 e. The number of hydrogen-bond acceptors (Lipinski definition) is 3. The molecule has 2 nitrogen and oxygen atoms in total. The highest BCUT2D eigenvalue weighted by atomic mass is 32.1. The minimum atomic E-state index is 0.958. The maximum atomic E-state index is 3.26. The second-order valence-electron chi connectivity index (χ2n) is 5.06. The largest absolute Gasteiger partial charge is 0.320 e. The number of nitrogens with one attached hydrogen (secondary N) is 1. The Kier molecular flexibility index (Phi) is 5.49.